The largest absolute Gasteiger partial charge is 0.495 e. The fourth-order valence-electron chi connectivity index (χ4n) is 2.37. The van der Waals surface area contributed by atoms with Crippen molar-refractivity contribution in [1.82, 2.24) is 5.32 Å². The van der Waals surface area contributed by atoms with E-state index in [2.05, 4.69) is 31.4 Å². The summed E-state index contributed by atoms with van der Waals surface area (Å²) in [6, 6.07) is 11.2. The molecule has 0 aliphatic rings. The minimum Gasteiger partial charge on any atom is -0.495 e. The van der Waals surface area contributed by atoms with E-state index in [1.54, 1.807) is 12.1 Å². The Morgan fingerprint density at radius 3 is 2.42 bits per heavy atom. The fraction of sp³-hybridized carbons (Fsp3) is 0.300. The van der Waals surface area contributed by atoms with Gasteiger partial charge >= 0.3 is 0 Å². The molecule has 0 atom stereocenters. The predicted molar refractivity (Wildman–Crippen MR) is 99.1 cm³/mol. The minimum absolute atomic E-state index is 0.0925. The molecule has 0 fully saturated rings. The Hall–Kier alpha value is -2.89. The number of methoxy groups -OCH3 is 1. The number of halogens is 1. The third-order valence-corrected chi connectivity index (χ3v) is 3.87. The van der Waals surface area contributed by atoms with Gasteiger partial charge in [0.25, 0.3) is 5.91 Å². The van der Waals surface area contributed by atoms with Gasteiger partial charge in [-0.3, -0.25) is 9.59 Å². The molecule has 0 saturated carbocycles. The van der Waals surface area contributed by atoms with Gasteiger partial charge in [0.05, 0.1) is 24.9 Å². The van der Waals surface area contributed by atoms with Crippen molar-refractivity contribution in [2.24, 2.45) is 0 Å². The van der Waals surface area contributed by atoms with Gasteiger partial charge in [0, 0.05) is 0 Å². The summed E-state index contributed by atoms with van der Waals surface area (Å²) in [6.45, 7) is 5.91. The first kappa shape index (κ1) is 19.4. The summed E-state index contributed by atoms with van der Waals surface area (Å²) in [4.78, 5) is 24.2. The zero-order valence-electron chi connectivity index (χ0n) is 15.4. The molecule has 2 N–H and O–H groups in total. The van der Waals surface area contributed by atoms with Crippen LogP contribution in [0.1, 0.15) is 36.7 Å². The molecule has 26 heavy (non-hydrogen) atoms. The zero-order chi connectivity index (χ0) is 19.3. The maximum absolute atomic E-state index is 13.6. The van der Waals surface area contributed by atoms with E-state index in [4.69, 9.17) is 4.74 Å². The zero-order valence-corrected chi connectivity index (χ0v) is 15.4. The lowest BCUT2D eigenvalue weighted by atomic mass is 9.87. The van der Waals surface area contributed by atoms with Gasteiger partial charge < -0.3 is 15.4 Å². The SMILES string of the molecule is COc1ccc(C(C)(C)C)cc1NC(=O)CNC(=O)c1ccccc1F. The van der Waals surface area contributed by atoms with Crippen LogP contribution < -0.4 is 15.4 Å². The molecule has 0 bridgehead atoms. The van der Waals surface area contributed by atoms with Crippen LogP contribution in [-0.2, 0) is 10.2 Å². The Morgan fingerprint density at radius 2 is 1.81 bits per heavy atom. The first-order valence-corrected chi connectivity index (χ1v) is 8.23. The van der Waals surface area contributed by atoms with Crippen LogP contribution in [0.4, 0.5) is 10.1 Å². The third kappa shape index (κ3) is 4.81. The topological polar surface area (TPSA) is 67.4 Å². The van der Waals surface area contributed by atoms with Crippen LogP contribution in [0.15, 0.2) is 42.5 Å². The lowest BCUT2D eigenvalue weighted by Crippen LogP contribution is -2.33. The van der Waals surface area contributed by atoms with E-state index in [0.717, 1.165) is 5.56 Å². The number of amides is 2. The molecule has 138 valence electrons. The lowest BCUT2D eigenvalue weighted by Gasteiger charge is -2.21. The summed E-state index contributed by atoms with van der Waals surface area (Å²) in [7, 11) is 1.52. The van der Waals surface area contributed by atoms with Crippen LogP contribution in [0, 0.1) is 5.82 Å². The molecule has 0 aromatic heterocycles. The third-order valence-electron chi connectivity index (χ3n) is 3.87. The summed E-state index contributed by atoms with van der Waals surface area (Å²) in [5.41, 5.74) is 1.35. The van der Waals surface area contributed by atoms with Crippen LogP contribution in [0.2, 0.25) is 0 Å². The standard InChI is InChI=1S/C20H23FN2O3/c1-20(2,3)13-9-10-17(26-4)16(11-13)23-18(24)12-22-19(25)14-7-5-6-8-15(14)21/h5-11H,12H2,1-4H3,(H,22,25)(H,23,24). The molecule has 0 saturated heterocycles. The first-order valence-electron chi connectivity index (χ1n) is 8.23. The molecule has 6 heteroatoms. The van der Waals surface area contributed by atoms with Gasteiger partial charge in [-0.15, -0.1) is 0 Å². The molecule has 2 aromatic rings. The Labute approximate surface area is 152 Å². The quantitative estimate of drug-likeness (QED) is 0.860. The van der Waals surface area contributed by atoms with Crippen molar-refractivity contribution < 1.29 is 18.7 Å². The van der Waals surface area contributed by atoms with Gasteiger partial charge in [-0.1, -0.05) is 39.0 Å². The Bertz CT molecular complexity index is 813. The summed E-state index contributed by atoms with van der Waals surface area (Å²) in [6.07, 6.45) is 0. The van der Waals surface area contributed by atoms with E-state index < -0.39 is 17.6 Å². The number of rotatable bonds is 5. The molecular formula is C20H23FN2O3. The molecule has 0 heterocycles. The van der Waals surface area contributed by atoms with Crippen LogP contribution in [0.25, 0.3) is 0 Å². The molecule has 2 amide bonds. The second kappa shape index (κ2) is 7.99. The highest BCUT2D eigenvalue weighted by atomic mass is 19.1. The van der Waals surface area contributed by atoms with Crippen LogP contribution in [-0.4, -0.2) is 25.5 Å². The van der Waals surface area contributed by atoms with Crippen LogP contribution in [0.5, 0.6) is 5.75 Å². The molecule has 2 aromatic carbocycles. The Morgan fingerprint density at radius 1 is 1.12 bits per heavy atom. The van der Waals surface area contributed by atoms with Gasteiger partial charge in [-0.25, -0.2) is 4.39 Å². The molecule has 0 aliphatic heterocycles. The Balaban J connectivity index is 2.05. The second-order valence-electron chi connectivity index (χ2n) is 6.88. The predicted octanol–water partition coefficient (Wildman–Crippen LogP) is 3.50. The average Bonchev–Trinajstić information content (AvgIpc) is 2.59. The number of benzene rings is 2. The van der Waals surface area contributed by atoms with Crippen molar-refractivity contribution in [2.75, 3.05) is 19.0 Å². The molecule has 0 unspecified atom stereocenters. The first-order chi connectivity index (χ1) is 12.2. The number of nitrogens with one attached hydrogen (secondary N) is 2. The molecule has 0 radical (unpaired) electrons. The van der Waals surface area contributed by atoms with E-state index in [0.29, 0.717) is 11.4 Å². The van der Waals surface area contributed by atoms with Crippen LogP contribution >= 0.6 is 0 Å². The van der Waals surface area contributed by atoms with Crippen molar-refractivity contribution >= 4 is 17.5 Å². The van der Waals surface area contributed by atoms with E-state index in [-0.39, 0.29) is 17.5 Å². The second-order valence-corrected chi connectivity index (χ2v) is 6.88. The van der Waals surface area contributed by atoms with Gasteiger partial charge in [0.15, 0.2) is 0 Å². The summed E-state index contributed by atoms with van der Waals surface area (Å²) < 4.78 is 18.9. The normalized spacial score (nSPS) is 11.0. The van der Waals surface area contributed by atoms with Gasteiger partial charge in [-0.05, 0) is 35.2 Å². The highest BCUT2D eigenvalue weighted by molar-refractivity contribution is 6.00. The van der Waals surface area contributed by atoms with Crippen molar-refractivity contribution in [1.29, 1.82) is 0 Å². The highest BCUT2D eigenvalue weighted by Crippen LogP contribution is 2.31. The molecule has 2 rings (SSSR count). The fourth-order valence-corrected chi connectivity index (χ4v) is 2.37. The summed E-state index contributed by atoms with van der Waals surface area (Å²) in [5, 5.41) is 5.13. The number of ether oxygens (including phenoxy) is 1. The number of anilines is 1. The van der Waals surface area contributed by atoms with Gasteiger partial charge in [0.1, 0.15) is 11.6 Å². The lowest BCUT2D eigenvalue weighted by molar-refractivity contribution is -0.115. The number of hydrogen-bond acceptors (Lipinski definition) is 3. The van der Waals surface area contributed by atoms with Crippen molar-refractivity contribution in [2.45, 2.75) is 26.2 Å². The average molecular weight is 358 g/mol. The maximum Gasteiger partial charge on any atom is 0.254 e. The summed E-state index contributed by atoms with van der Waals surface area (Å²) in [5.74, 6) is -1.19. The van der Waals surface area contributed by atoms with Crippen molar-refractivity contribution in [3.05, 3.63) is 59.4 Å². The van der Waals surface area contributed by atoms with Crippen molar-refractivity contribution in [3.8, 4) is 5.75 Å². The minimum atomic E-state index is -0.645. The Kier molecular flexibility index (Phi) is 5.97. The van der Waals surface area contributed by atoms with E-state index in [1.807, 2.05) is 12.1 Å². The highest BCUT2D eigenvalue weighted by Gasteiger charge is 2.17. The van der Waals surface area contributed by atoms with E-state index in [1.165, 1.54) is 25.3 Å². The molecule has 5 nitrogen and oxygen atoms in total. The smallest absolute Gasteiger partial charge is 0.254 e. The van der Waals surface area contributed by atoms with Crippen molar-refractivity contribution in [3.63, 3.8) is 0 Å². The molecular weight excluding hydrogens is 335 g/mol. The molecule has 0 spiro atoms. The maximum atomic E-state index is 13.6. The van der Waals surface area contributed by atoms with Gasteiger partial charge in [0.2, 0.25) is 5.91 Å². The van der Waals surface area contributed by atoms with E-state index >= 15 is 0 Å². The van der Waals surface area contributed by atoms with Gasteiger partial charge in [-0.2, -0.15) is 0 Å². The van der Waals surface area contributed by atoms with E-state index in [9.17, 15) is 14.0 Å². The number of carbonyl (C=O) groups is 2. The number of hydrogen-bond donors (Lipinski definition) is 2. The number of carbonyl (C=O) groups excluding carboxylic acids is 2. The van der Waals surface area contributed by atoms with Crippen LogP contribution in [0.3, 0.4) is 0 Å². The summed E-state index contributed by atoms with van der Waals surface area (Å²) >= 11 is 0. The molecule has 0 aliphatic carbocycles. The monoisotopic (exact) mass is 358 g/mol.